The summed E-state index contributed by atoms with van der Waals surface area (Å²) >= 11 is 0. The van der Waals surface area contributed by atoms with Gasteiger partial charge >= 0.3 is 0 Å². The maximum atomic E-state index is 11.3. The third-order valence-electron chi connectivity index (χ3n) is 3.83. The molecule has 0 aromatic heterocycles. The number of Topliss-reactive ketones (excluding diaryl/α,β-unsaturated/α-hetero) is 1. The van der Waals surface area contributed by atoms with Gasteiger partial charge in [0.1, 0.15) is 23.0 Å². The molecule has 0 saturated heterocycles. The normalized spacial score (nSPS) is 13.5. The molecule has 2 aromatic carbocycles. The zero-order chi connectivity index (χ0) is 17.6. The largest absolute Gasteiger partial charge is 0.458 e. The Balaban J connectivity index is 1.63. The Morgan fingerprint density at radius 1 is 0.800 bits per heavy atom. The summed E-state index contributed by atoms with van der Waals surface area (Å²) in [5.41, 5.74) is 1.90. The van der Waals surface area contributed by atoms with Crippen LogP contribution in [0.4, 0.5) is 0 Å². The minimum absolute atomic E-state index is 0.0420. The van der Waals surface area contributed by atoms with Gasteiger partial charge in [0, 0.05) is 5.56 Å². The Morgan fingerprint density at radius 2 is 1.36 bits per heavy atom. The number of ketones is 1. The molecule has 0 unspecified atom stereocenters. The Kier molecular flexibility index (Phi) is 5.14. The topological polar surface area (TPSA) is 35.5 Å². The molecule has 0 radical (unpaired) electrons. The number of ether oxygens (including phenoxy) is 2. The van der Waals surface area contributed by atoms with Crippen LogP contribution in [-0.2, 0) is 0 Å². The van der Waals surface area contributed by atoms with E-state index in [9.17, 15) is 4.79 Å². The molecule has 3 heteroatoms. The maximum Gasteiger partial charge on any atom is 0.159 e. The molecule has 0 amide bonds. The summed E-state index contributed by atoms with van der Waals surface area (Å²) in [7, 11) is 0. The average Bonchev–Trinajstić information content (AvgIpc) is 2.81. The van der Waals surface area contributed by atoms with Crippen LogP contribution in [0.25, 0.3) is 0 Å². The van der Waals surface area contributed by atoms with E-state index in [0.29, 0.717) is 17.1 Å². The van der Waals surface area contributed by atoms with Gasteiger partial charge in [-0.15, -0.1) is 0 Å². The van der Waals surface area contributed by atoms with E-state index in [1.165, 1.54) is 5.57 Å². The standard InChI is InChI=1S/C22H20O3/c1-16-4-3-5-19(9-6-16)24-21-12-14-22(15-13-21)25-20-10-7-18(8-11-20)17(2)23/h4-15H,3H2,1-2H3. The quantitative estimate of drug-likeness (QED) is 0.644. The molecule has 0 saturated carbocycles. The number of hydrogen-bond acceptors (Lipinski definition) is 3. The summed E-state index contributed by atoms with van der Waals surface area (Å²) in [6, 6.07) is 14.6. The lowest BCUT2D eigenvalue weighted by atomic mass is 10.1. The molecule has 0 heterocycles. The molecule has 3 rings (SSSR count). The van der Waals surface area contributed by atoms with Gasteiger partial charge in [-0.1, -0.05) is 17.7 Å². The SMILES string of the molecule is CC(=O)c1ccc(Oc2ccc(OC3=CCC=C(C)C=C3)cc2)cc1. The van der Waals surface area contributed by atoms with Crippen molar-refractivity contribution >= 4 is 5.78 Å². The van der Waals surface area contributed by atoms with Crippen molar-refractivity contribution in [3.63, 3.8) is 0 Å². The van der Waals surface area contributed by atoms with Crippen LogP contribution < -0.4 is 9.47 Å². The van der Waals surface area contributed by atoms with Crippen molar-refractivity contribution in [2.45, 2.75) is 20.3 Å². The van der Waals surface area contributed by atoms with Crippen molar-refractivity contribution in [1.29, 1.82) is 0 Å². The molecule has 25 heavy (non-hydrogen) atoms. The lowest BCUT2D eigenvalue weighted by Gasteiger charge is -2.09. The molecule has 0 fully saturated rings. The Bertz CT molecular complexity index is 838. The first-order chi connectivity index (χ1) is 12.1. The average molecular weight is 332 g/mol. The fourth-order valence-electron chi connectivity index (χ4n) is 2.39. The Morgan fingerprint density at radius 3 is 1.96 bits per heavy atom. The zero-order valence-corrected chi connectivity index (χ0v) is 14.4. The van der Waals surface area contributed by atoms with E-state index in [4.69, 9.17) is 9.47 Å². The Hall–Kier alpha value is -3.07. The first-order valence-corrected chi connectivity index (χ1v) is 8.22. The molecule has 1 aliphatic carbocycles. The van der Waals surface area contributed by atoms with Crippen LogP contribution in [0.3, 0.4) is 0 Å². The van der Waals surface area contributed by atoms with Crippen LogP contribution in [0.15, 0.2) is 84.2 Å². The lowest BCUT2D eigenvalue weighted by molar-refractivity contribution is 0.101. The van der Waals surface area contributed by atoms with Crippen molar-refractivity contribution in [3.8, 4) is 17.2 Å². The van der Waals surface area contributed by atoms with Gasteiger partial charge in [-0.05, 0) is 81.0 Å². The molecular formula is C22H20O3. The summed E-state index contributed by atoms with van der Waals surface area (Å²) in [6.07, 6.45) is 9.08. The van der Waals surface area contributed by atoms with Crippen molar-refractivity contribution in [2.75, 3.05) is 0 Å². The fourth-order valence-corrected chi connectivity index (χ4v) is 2.39. The zero-order valence-electron chi connectivity index (χ0n) is 14.4. The van der Waals surface area contributed by atoms with Crippen LogP contribution in [0.5, 0.6) is 17.2 Å². The summed E-state index contributed by atoms with van der Waals surface area (Å²) in [5.74, 6) is 3.04. The number of rotatable bonds is 5. The van der Waals surface area contributed by atoms with E-state index in [-0.39, 0.29) is 5.78 Å². The summed E-state index contributed by atoms with van der Waals surface area (Å²) in [6.45, 7) is 3.62. The third-order valence-corrected chi connectivity index (χ3v) is 3.83. The van der Waals surface area contributed by atoms with Crippen molar-refractivity contribution in [1.82, 2.24) is 0 Å². The highest BCUT2D eigenvalue weighted by Crippen LogP contribution is 2.25. The predicted octanol–water partition coefficient (Wildman–Crippen LogP) is 5.85. The van der Waals surface area contributed by atoms with Gasteiger partial charge in [-0.3, -0.25) is 4.79 Å². The maximum absolute atomic E-state index is 11.3. The molecule has 126 valence electrons. The van der Waals surface area contributed by atoms with Gasteiger partial charge in [-0.2, -0.15) is 0 Å². The lowest BCUT2D eigenvalue weighted by Crippen LogP contribution is -1.93. The van der Waals surface area contributed by atoms with E-state index < -0.39 is 0 Å². The summed E-state index contributed by atoms with van der Waals surface area (Å²) < 4.78 is 11.7. The third kappa shape index (κ3) is 4.70. The molecule has 1 aliphatic rings. The summed E-state index contributed by atoms with van der Waals surface area (Å²) in [5, 5.41) is 0. The van der Waals surface area contributed by atoms with E-state index in [1.807, 2.05) is 42.5 Å². The number of hydrogen-bond donors (Lipinski definition) is 0. The van der Waals surface area contributed by atoms with E-state index in [2.05, 4.69) is 13.0 Å². The van der Waals surface area contributed by atoms with Gasteiger partial charge < -0.3 is 9.47 Å². The van der Waals surface area contributed by atoms with Gasteiger partial charge in [-0.25, -0.2) is 0 Å². The van der Waals surface area contributed by atoms with Crippen molar-refractivity contribution in [2.24, 2.45) is 0 Å². The number of benzene rings is 2. The van der Waals surface area contributed by atoms with E-state index in [0.717, 1.165) is 17.9 Å². The molecule has 3 nitrogen and oxygen atoms in total. The highest BCUT2D eigenvalue weighted by atomic mass is 16.5. The van der Waals surface area contributed by atoms with Crippen LogP contribution in [0, 0.1) is 0 Å². The van der Waals surface area contributed by atoms with Crippen LogP contribution in [0.2, 0.25) is 0 Å². The van der Waals surface area contributed by atoms with Crippen molar-refractivity contribution < 1.29 is 14.3 Å². The van der Waals surface area contributed by atoms with Crippen LogP contribution in [-0.4, -0.2) is 5.78 Å². The molecular weight excluding hydrogens is 312 g/mol. The molecule has 0 N–H and O–H groups in total. The van der Waals surface area contributed by atoms with Gasteiger partial charge in [0.05, 0.1) is 0 Å². The minimum atomic E-state index is 0.0420. The molecule has 0 atom stereocenters. The number of allylic oxidation sites excluding steroid dienone is 5. The molecule has 2 aromatic rings. The Labute approximate surface area is 147 Å². The molecule has 0 bridgehead atoms. The van der Waals surface area contributed by atoms with Gasteiger partial charge in [0.25, 0.3) is 0 Å². The van der Waals surface area contributed by atoms with Crippen LogP contribution in [0.1, 0.15) is 30.6 Å². The van der Waals surface area contributed by atoms with Crippen LogP contribution >= 0.6 is 0 Å². The highest BCUT2D eigenvalue weighted by molar-refractivity contribution is 5.94. The second kappa shape index (κ2) is 7.67. The second-order valence-electron chi connectivity index (χ2n) is 5.88. The minimum Gasteiger partial charge on any atom is -0.458 e. The summed E-state index contributed by atoms with van der Waals surface area (Å²) in [4.78, 5) is 11.3. The van der Waals surface area contributed by atoms with Gasteiger partial charge in [0.2, 0.25) is 0 Å². The highest BCUT2D eigenvalue weighted by Gasteiger charge is 2.03. The van der Waals surface area contributed by atoms with E-state index in [1.54, 1.807) is 31.2 Å². The monoisotopic (exact) mass is 332 g/mol. The fraction of sp³-hybridized carbons (Fsp3) is 0.136. The predicted molar refractivity (Wildman–Crippen MR) is 99.2 cm³/mol. The first-order valence-electron chi connectivity index (χ1n) is 8.22. The van der Waals surface area contributed by atoms with E-state index >= 15 is 0 Å². The second-order valence-corrected chi connectivity index (χ2v) is 5.88. The molecule has 0 aliphatic heterocycles. The number of carbonyl (C=O) groups is 1. The van der Waals surface area contributed by atoms with Crippen molar-refractivity contribution in [3.05, 3.63) is 89.7 Å². The first kappa shape index (κ1) is 16.8. The number of carbonyl (C=O) groups excluding carboxylic acids is 1. The smallest absolute Gasteiger partial charge is 0.159 e. The molecule has 0 spiro atoms. The van der Waals surface area contributed by atoms with Gasteiger partial charge in [0.15, 0.2) is 5.78 Å².